The molecule has 0 N–H and O–H groups in total. The van der Waals surface area contributed by atoms with Gasteiger partial charge in [0.15, 0.2) is 12.4 Å². The molecule has 0 aromatic heterocycles. The molecular weight excluding hydrogens is 598 g/mol. The molecule has 42 heavy (non-hydrogen) atoms. The maximum Gasteiger partial charge on any atom is 0.338 e. The number of Topliss-reactive ketones (excluding diaryl/α,β-unsaturated/α-hetero) is 1. The van der Waals surface area contributed by atoms with Gasteiger partial charge >= 0.3 is 5.97 Å². The third-order valence-electron chi connectivity index (χ3n) is 8.60. The first-order valence-corrected chi connectivity index (χ1v) is 14.3. The summed E-state index contributed by atoms with van der Waals surface area (Å²) in [5, 5.41) is 0. The van der Waals surface area contributed by atoms with Crippen molar-refractivity contribution in [2.45, 2.75) is 10.2 Å². The van der Waals surface area contributed by atoms with Crippen molar-refractivity contribution in [1.82, 2.24) is 0 Å². The Labute approximate surface area is 250 Å². The smallest absolute Gasteiger partial charge is 0.338 e. The Morgan fingerprint density at radius 2 is 1.45 bits per heavy atom. The summed E-state index contributed by atoms with van der Waals surface area (Å²) in [6, 6.07) is 28.7. The lowest BCUT2D eigenvalue weighted by atomic mass is 9.55. The minimum Gasteiger partial charge on any atom is -0.497 e. The molecule has 0 unspecified atom stereocenters. The number of carbonyl (C=O) groups excluding carboxylic acids is 4. The molecule has 3 aliphatic carbocycles. The van der Waals surface area contributed by atoms with Crippen LogP contribution in [0.4, 0.5) is 5.69 Å². The van der Waals surface area contributed by atoms with E-state index in [4.69, 9.17) is 9.47 Å². The van der Waals surface area contributed by atoms with Crippen LogP contribution < -0.4 is 9.64 Å². The average Bonchev–Trinajstić information content (AvgIpc) is 3.30. The Hall–Kier alpha value is -4.56. The zero-order valence-electron chi connectivity index (χ0n) is 22.5. The molecule has 1 heterocycles. The first-order valence-electron chi connectivity index (χ1n) is 13.5. The van der Waals surface area contributed by atoms with E-state index in [1.807, 2.05) is 48.5 Å². The van der Waals surface area contributed by atoms with Crippen LogP contribution >= 0.6 is 15.9 Å². The number of esters is 1. The van der Waals surface area contributed by atoms with Crippen LogP contribution in [0.15, 0.2) is 97.1 Å². The van der Waals surface area contributed by atoms with Crippen molar-refractivity contribution in [3.8, 4) is 5.75 Å². The number of rotatable bonds is 6. The number of hydrogen-bond acceptors (Lipinski definition) is 6. The Morgan fingerprint density at radius 3 is 2.10 bits per heavy atom. The fraction of sp³-hybridized carbons (Fsp3) is 0.176. The fourth-order valence-corrected chi connectivity index (χ4v) is 7.98. The molecule has 2 atom stereocenters. The minimum absolute atomic E-state index is 0.133. The highest BCUT2D eigenvalue weighted by atomic mass is 79.9. The maximum atomic E-state index is 14.2. The molecule has 4 aliphatic rings. The second kappa shape index (κ2) is 9.77. The molecule has 0 saturated carbocycles. The van der Waals surface area contributed by atoms with Crippen LogP contribution in [0.3, 0.4) is 0 Å². The molecule has 1 fully saturated rings. The van der Waals surface area contributed by atoms with Gasteiger partial charge in [0.1, 0.15) is 5.75 Å². The van der Waals surface area contributed by atoms with Crippen molar-refractivity contribution in [3.05, 3.63) is 130 Å². The number of carbonyl (C=O) groups is 4. The number of hydrogen-bond donors (Lipinski definition) is 0. The van der Waals surface area contributed by atoms with Gasteiger partial charge in [-0.05, 0) is 64.7 Å². The summed E-state index contributed by atoms with van der Waals surface area (Å²) in [5.41, 5.74) is 4.88. The number of benzene rings is 4. The third-order valence-corrected chi connectivity index (χ3v) is 9.95. The number of nitrogens with zero attached hydrogens (tertiary/aromatic N) is 1. The molecule has 208 valence electrons. The van der Waals surface area contributed by atoms with E-state index in [9.17, 15) is 19.2 Å². The summed E-state index contributed by atoms with van der Waals surface area (Å²) >= 11 is 3.99. The molecule has 0 spiro atoms. The lowest BCUT2D eigenvalue weighted by Crippen LogP contribution is -2.50. The highest BCUT2D eigenvalue weighted by molar-refractivity contribution is 9.09. The van der Waals surface area contributed by atoms with E-state index in [-0.39, 0.29) is 29.1 Å². The van der Waals surface area contributed by atoms with Crippen LogP contribution in [0.5, 0.6) is 5.75 Å². The molecular formula is C34H24BrNO6. The predicted octanol–water partition coefficient (Wildman–Crippen LogP) is 5.64. The number of methoxy groups -OCH3 is 1. The van der Waals surface area contributed by atoms with Crippen LogP contribution in [-0.4, -0.2) is 37.3 Å². The molecule has 4 aromatic carbocycles. The lowest BCUT2D eigenvalue weighted by molar-refractivity contribution is -0.122. The number of ether oxygens (including phenoxy) is 2. The van der Waals surface area contributed by atoms with Gasteiger partial charge in [-0.15, -0.1) is 0 Å². The van der Waals surface area contributed by atoms with Gasteiger partial charge in [-0.2, -0.15) is 0 Å². The first kappa shape index (κ1) is 26.3. The highest BCUT2D eigenvalue weighted by Gasteiger charge is 2.67. The molecule has 8 heteroatoms. The van der Waals surface area contributed by atoms with Gasteiger partial charge in [0, 0.05) is 11.5 Å². The molecule has 4 aromatic rings. The molecule has 0 radical (unpaired) electrons. The van der Waals surface area contributed by atoms with Gasteiger partial charge < -0.3 is 9.47 Å². The van der Waals surface area contributed by atoms with Gasteiger partial charge in [-0.1, -0.05) is 70.5 Å². The van der Waals surface area contributed by atoms with Crippen molar-refractivity contribution in [2.24, 2.45) is 11.8 Å². The van der Waals surface area contributed by atoms with E-state index in [0.717, 1.165) is 22.3 Å². The maximum absolute atomic E-state index is 14.2. The third kappa shape index (κ3) is 3.71. The van der Waals surface area contributed by atoms with E-state index >= 15 is 0 Å². The van der Waals surface area contributed by atoms with Crippen LogP contribution in [0.1, 0.15) is 48.9 Å². The summed E-state index contributed by atoms with van der Waals surface area (Å²) < 4.78 is 9.54. The van der Waals surface area contributed by atoms with Gasteiger partial charge in [0.25, 0.3) is 0 Å². The minimum atomic E-state index is -0.862. The molecule has 7 nitrogen and oxygen atoms in total. The fourth-order valence-electron chi connectivity index (χ4n) is 6.78. The Kier molecular flexibility index (Phi) is 6.13. The zero-order valence-corrected chi connectivity index (χ0v) is 24.0. The van der Waals surface area contributed by atoms with E-state index in [2.05, 4.69) is 15.9 Å². The highest BCUT2D eigenvalue weighted by Crippen LogP contribution is 2.66. The monoisotopic (exact) mass is 621 g/mol. The van der Waals surface area contributed by atoms with Gasteiger partial charge in [-0.3, -0.25) is 14.4 Å². The van der Waals surface area contributed by atoms with Crippen molar-refractivity contribution in [3.63, 3.8) is 0 Å². The van der Waals surface area contributed by atoms with Gasteiger partial charge in [0.2, 0.25) is 11.8 Å². The zero-order chi connectivity index (χ0) is 29.2. The number of imide groups is 1. The Bertz CT molecular complexity index is 1750. The number of amides is 2. The Morgan fingerprint density at radius 1 is 0.810 bits per heavy atom. The quantitative estimate of drug-likeness (QED) is 0.120. The van der Waals surface area contributed by atoms with Crippen LogP contribution in [-0.2, 0) is 18.7 Å². The molecule has 1 saturated heterocycles. The van der Waals surface area contributed by atoms with Crippen molar-refractivity contribution in [1.29, 1.82) is 0 Å². The van der Waals surface area contributed by atoms with E-state index in [1.54, 1.807) is 36.4 Å². The number of halogens is 1. The molecule has 2 amide bonds. The van der Waals surface area contributed by atoms with Crippen LogP contribution in [0, 0.1) is 11.8 Å². The topological polar surface area (TPSA) is 90.0 Å². The van der Waals surface area contributed by atoms with Crippen molar-refractivity contribution >= 4 is 45.2 Å². The molecule has 8 rings (SSSR count). The number of anilines is 1. The number of alkyl halides is 1. The lowest BCUT2D eigenvalue weighted by Gasteiger charge is -2.51. The van der Waals surface area contributed by atoms with E-state index in [1.165, 1.54) is 24.1 Å². The summed E-state index contributed by atoms with van der Waals surface area (Å²) in [6.45, 7) is -0.453. The van der Waals surface area contributed by atoms with Gasteiger partial charge in [-0.25, -0.2) is 9.69 Å². The normalized spacial score (nSPS) is 23.2. The summed E-state index contributed by atoms with van der Waals surface area (Å²) in [5.74, 6) is -2.63. The first-order chi connectivity index (χ1) is 20.3. The van der Waals surface area contributed by atoms with E-state index < -0.39 is 28.7 Å². The Balaban J connectivity index is 1.18. The summed E-state index contributed by atoms with van der Waals surface area (Å²) in [7, 11) is 1.53. The number of ketones is 1. The second-order valence-electron chi connectivity index (χ2n) is 10.7. The predicted molar refractivity (Wildman–Crippen MR) is 158 cm³/mol. The largest absolute Gasteiger partial charge is 0.497 e. The van der Waals surface area contributed by atoms with Crippen LogP contribution in [0.2, 0.25) is 0 Å². The van der Waals surface area contributed by atoms with Crippen LogP contribution in [0.25, 0.3) is 0 Å². The summed E-state index contributed by atoms with van der Waals surface area (Å²) in [6.07, 6.45) is 0. The second-order valence-corrected chi connectivity index (χ2v) is 11.9. The van der Waals surface area contributed by atoms with Gasteiger partial charge in [0.05, 0.1) is 34.5 Å². The summed E-state index contributed by atoms with van der Waals surface area (Å²) in [4.78, 5) is 55.0. The van der Waals surface area contributed by atoms with Crippen molar-refractivity contribution in [2.75, 3.05) is 18.6 Å². The standard InChI is InChI=1S/C34H24BrNO6/c1-41-22-15-13-19(14-16-22)27(37)18-42-33(40)20-7-6-8-21(17-20)36-31(38)29-28-23-9-2-4-11-25(23)34(35,30(29)32(36)39)26-12-5-3-10-24(26)28/h2-17,28-30H,18H2,1H3/t28?,29-,30-,34?/m0/s1. The van der Waals surface area contributed by atoms with Crippen molar-refractivity contribution < 1.29 is 28.7 Å². The molecule has 2 bridgehead atoms. The molecule has 1 aliphatic heterocycles. The SMILES string of the molecule is COc1ccc(C(=O)COC(=O)c2cccc(N3C(=O)[C@@H]4[C@@H](C3=O)C3c5ccccc5C4(Br)c4ccccc43)c2)cc1. The van der Waals surface area contributed by atoms with E-state index in [0.29, 0.717) is 17.0 Å². The average molecular weight is 622 g/mol.